The number of fused-ring (bicyclic) bond motifs is 1. The van der Waals surface area contributed by atoms with Gasteiger partial charge in [0.15, 0.2) is 0 Å². The highest BCUT2D eigenvalue weighted by Crippen LogP contribution is 2.28. The molecule has 0 aliphatic rings. The maximum Gasteiger partial charge on any atom is 0.147 e. The molecule has 1 heterocycles. The van der Waals surface area contributed by atoms with Crippen molar-refractivity contribution in [3.8, 4) is 5.75 Å². The predicted octanol–water partition coefficient (Wildman–Crippen LogP) is 5.60. The van der Waals surface area contributed by atoms with Crippen molar-refractivity contribution in [2.75, 3.05) is 0 Å². The number of ether oxygens (including phenoxy) is 1. The monoisotopic (exact) mass is 354 g/mol. The Labute approximate surface area is 143 Å². The maximum absolute atomic E-state index is 6.11. The fourth-order valence-electron chi connectivity index (χ4n) is 2.34. The van der Waals surface area contributed by atoms with E-state index in [0.717, 1.165) is 23.4 Å². The van der Waals surface area contributed by atoms with Gasteiger partial charge in [-0.25, -0.2) is 4.98 Å². The summed E-state index contributed by atoms with van der Waals surface area (Å²) in [6.07, 6.45) is 0. The first kappa shape index (κ1) is 15.5. The van der Waals surface area contributed by atoms with Crippen molar-refractivity contribution >= 4 is 45.8 Å². The van der Waals surface area contributed by atoms with Gasteiger partial charge >= 0.3 is 0 Å². The average molecular weight is 356 g/mol. The molecule has 22 heavy (non-hydrogen) atoms. The first-order valence-electron chi connectivity index (χ1n) is 6.81. The van der Waals surface area contributed by atoms with Crippen LogP contribution >= 0.6 is 34.8 Å². The van der Waals surface area contributed by atoms with E-state index in [1.54, 1.807) is 18.2 Å². The molecule has 3 rings (SSSR count). The first-order chi connectivity index (χ1) is 10.6. The van der Waals surface area contributed by atoms with Crippen LogP contribution in [0, 0.1) is 0 Å². The highest BCUT2D eigenvalue weighted by Gasteiger charge is 2.11. The molecule has 0 aliphatic heterocycles. The van der Waals surface area contributed by atoms with Crippen molar-refractivity contribution in [3.63, 3.8) is 0 Å². The van der Waals surface area contributed by atoms with Crippen molar-refractivity contribution in [2.24, 2.45) is 0 Å². The molecule has 0 unspecified atom stereocenters. The summed E-state index contributed by atoms with van der Waals surface area (Å²) in [7, 11) is 0. The second kappa shape index (κ2) is 6.37. The summed E-state index contributed by atoms with van der Waals surface area (Å²) in [6, 6.07) is 10.8. The van der Waals surface area contributed by atoms with E-state index in [2.05, 4.69) is 16.5 Å². The van der Waals surface area contributed by atoms with Gasteiger partial charge < -0.3 is 9.30 Å². The number of hydrogen-bond acceptors (Lipinski definition) is 2. The lowest BCUT2D eigenvalue weighted by molar-refractivity contribution is 0.291. The van der Waals surface area contributed by atoms with E-state index in [4.69, 9.17) is 39.5 Å². The summed E-state index contributed by atoms with van der Waals surface area (Å²) in [5.74, 6) is 1.41. The topological polar surface area (TPSA) is 27.1 Å². The molecular weight excluding hydrogens is 343 g/mol. The third kappa shape index (κ3) is 3.02. The highest BCUT2D eigenvalue weighted by atomic mass is 35.5. The Kier molecular flexibility index (Phi) is 4.48. The number of halogens is 3. The highest BCUT2D eigenvalue weighted by molar-refractivity contribution is 6.35. The molecule has 3 aromatic rings. The zero-order chi connectivity index (χ0) is 15.7. The quantitative estimate of drug-likeness (QED) is 0.609. The summed E-state index contributed by atoms with van der Waals surface area (Å²) in [5, 5.41) is 1.75. The van der Waals surface area contributed by atoms with Gasteiger partial charge in [-0.15, -0.1) is 0 Å². The summed E-state index contributed by atoms with van der Waals surface area (Å²) in [4.78, 5) is 4.60. The Balaban J connectivity index is 1.90. The second-order valence-corrected chi connectivity index (χ2v) is 6.05. The Morgan fingerprint density at radius 3 is 2.50 bits per heavy atom. The van der Waals surface area contributed by atoms with E-state index in [0.29, 0.717) is 27.4 Å². The largest absolute Gasteiger partial charge is 0.484 e. The molecule has 0 saturated heterocycles. The van der Waals surface area contributed by atoms with Gasteiger partial charge in [0.25, 0.3) is 0 Å². The Morgan fingerprint density at radius 1 is 1.05 bits per heavy atom. The lowest BCUT2D eigenvalue weighted by Crippen LogP contribution is -2.06. The molecule has 0 atom stereocenters. The van der Waals surface area contributed by atoms with Gasteiger partial charge in [-0.2, -0.15) is 0 Å². The van der Waals surface area contributed by atoms with Crippen LogP contribution in [0.25, 0.3) is 11.0 Å². The number of aryl methyl sites for hydroxylation is 1. The Morgan fingerprint density at radius 2 is 1.77 bits per heavy atom. The fraction of sp³-hybridized carbons (Fsp3) is 0.188. The van der Waals surface area contributed by atoms with Crippen LogP contribution in [0.2, 0.25) is 15.1 Å². The van der Waals surface area contributed by atoms with Crippen LogP contribution in [0.15, 0.2) is 36.4 Å². The van der Waals surface area contributed by atoms with Gasteiger partial charge in [-0.05, 0) is 43.3 Å². The van der Waals surface area contributed by atoms with E-state index in [-0.39, 0.29) is 0 Å². The zero-order valence-electron chi connectivity index (χ0n) is 11.8. The van der Waals surface area contributed by atoms with E-state index < -0.39 is 0 Å². The van der Waals surface area contributed by atoms with E-state index >= 15 is 0 Å². The summed E-state index contributed by atoms with van der Waals surface area (Å²) in [6.45, 7) is 3.16. The standard InChI is InChI=1S/C16H13Cl3N2O/c1-2-21-14-8-11(18)3-5-13(14)20-16(21)9-22-15-6-4-10(17)7-12(15)19/h3-8H,2,9H2,1H3. The van der Waals surface area contributed by atoms with Gasteiger partial charge in [-0.1, -0.05) is 34.8 Å². The molecule has 0 radical (unpaired) electrons. The van der Waals surface area contributed by atoms with Crippen LogP contribution in [0.4, 0.5) is 0 Å². The van der Waals surface area contributed by atoms with Gasteiger partial charge in [0.2, 0.25) is 0 Å². The first-order valence-corrected chi connectivity index (χ1v) is 7.94. The molecule has 0 aliphatic carbocycles. The number of nitrogens with zero attached hydrogens (tertiary/aromatic N) is 2. The molecule has 0 bridgehead atoms. The molecule has 0 spiro atoms. The van der Waals surface area contributed by atoms with E-state index in [1.807, 2.05) is 18.2 Å². The number of imidazole rings is 1. The predicted molar refractivity (Wildman–Crippen MR) is 91.2 cm³/mol. The normalized spacial score (nSPS) is 11.1. The van der Waals surface area contributed by atoms with Crippen molar-refractivity contribution in [1.82, 2.24) is 9.55 Å². The molecule has 0 fully saturated rings. The number of benzene rings is 2. The molecule has 114 valence electrons. The third-order valence-electron chi connectivity index (χ3n) is 3.36. The van der Waals surface area contributed by atoms with Gasteiger partial charge in [0.1, 0.15) is 18.2 Å². The van der Waals surface area contributed by atoms with Crippen molar-refractivity contribution in [2.45, 2.75) is 20.1 Å². The van der Waals surface area contributed by atoms with E-state index in [9.17, 15) is 0 Å². The average Bonchev–Trinajstić information content (AvgIpc) is 2.83. The zero-order valence-corrected chi connectivity index (χ0v) is 14.1. The minimum atomic E-state index is 0.321. The number of hydrogen-bond donors (Lipinski definition) is 0. The molecule has 0 amide bonds. The van der Waals surface area contributed by atoms with Crippen LogP contribution in [-0.4, -0.2) is 9.55 Å². The smallest absolute Gasteiger partial charge is 0.147 e. The molecule has 3 nitrogen and oxygen atoms in total. The van der Waals surface area contributed by atoms with Gasteiger partial charge in [-0.3, -0.25) is 0 Å². The third-order valence-corrected chi connectivity index (χ3v) is 4.12. The summed E-state index contributed by atoms with van der Waals surface area (Å²) >= 11 is 18.1. The molecule has 0 N–H and O–H groups in total. The van der Waals surface area contributed by atoms with Gasteiger partial charge in [0.05, 0.1) is 16.1 Å². The Hall–Kier alpha value is -1.42. The van der Waals surface area contributed by atoms with Crippen LogP contribution in [0.1, 0.15) is 12.7 Å². The molecule has 0 saturated carbocycles. The van der Waals surface area contributed by atoms with E-state index in [1.165, 1.54) is 0 Å². The van der Waals surface area contributed by atoms with Crippen LogP contribution in [0.5, 0.6) is 5.75 Å². The van der Waals surface area contributed by atoms with Crippen LogP contribution in [0.3, 0.4) is 0 Å². The van der Waals surface area contributed by atoms with Crippen molar-refractivity contribution < 1.29 is 4.74 Å². The molecule has 2 aromatic carbocycles. The summed E-state index contributed by atoms with van der Waals surface area (Å²) in [5.41, 5.74) is 1.89. The lowest BCUT2D eigenvalue weighted by Gasteiger charge is -2.09. The minimum Gasteiger partial charge on any atom is -0.484 e. The van der Waals surface area contributed by atoms with Crippen LogP contribution in [-0.2, 0) is 13.2 Å². The molecule has 6 heteroatoms. The number of aromatic nitrogens is 2. The maximum atomic E-state index is 6.11. The summed E-state index contributed by atoms with van der Waals surface area (Å²) < 4.78 is 7.85. The number of rotatable bonds is 4. The van der Waals surface area contributed by atoms with Gasteiger partial charge in [0, 0.05) is 16.6 Å². The SMILES string of the molecule is CCn1c(COc2ccc(Cl)cc2Cl)nc2ccc(Cl)cc21. The van der Waals surface area contributed by atoms with Crippen LogP contribution < -0.4 is 4.74 Å². The molecular formula is C16H13Cl3N2O. The van der Waals surface area contributed by atoms with Crippen molar-refractivity contribution in [1.29, 1.82) is 0 Å². The minimum absolute atomic E-state index is 0.321. The Bertz CT molecular complexity index is 830. The fourth-order valence-corrected chi connectivity index (χ4v) is 2.97. The molecule has 1 aromatic heterocycles. The lowest BCUT2D eigenvalue weighted by atomic mass is 10.3. The second-order valence-electron chi connectivity index (χ2n) is 4.77. The van der Waals surface area contributed by atoms with Crippen molar-refractivity contribution in [3.05, 3.63) is 57.3 Å².